The molecular weight excluding hydrogens is 296 g/mol. The fourth-order valence-corrected chi connectivity index (χ4v) is 2.87. The van der Waals surface area contributed by atoms with E-state index in [1.807, 2.05) is 18.2 Å². The van der Waals surface area contributed by atoms with Gasteiger partial charge in [0.05, 0.1) is 16.5 Å². The van der Waals surface area contributed by atoms with Crippen LogP contribution < -0.4 is 0 Å². The molecule has 0 N–H and O–H groups in total. The van der Waals surface area contributed by atoms with Crippen molar-refractivity contribution in [2.45, 2.75) is 6.61 Å². The number of hydrogen-bond donors (Lipinski definition) is 0. The Morgan fingerprint density at radius 3 is 3.25 bits per heavy atom. The number of ether oxygens (including phenoxy) is 1. The van der Waals surface area contributed by atoms with E-state index >= 15 is 0 Å². The predicted molar refractivity (Wildman–Crippen MR) is 80.6 cm³/mol. The third-order valence-electron chi connectivity index (χ3n) is 2.82. The number of benzene rings is 1. The molecule has 2 aliphatic heterocycles. The van der Waals surface area contributed by atoms with Crippen molar-refractivity contribution < 1.29 is 9.53 Å². The number of rotatable bonds is 2. The SMILES string of the molecule is O=C(OCc1cccc(Cl)c1)N1C=CC2=NCSC2=C1. The zero-order valence-electron chi connectivity index (χ0n) is 10.5. The fraction of sp³-hybridized carbons (Fsp3) is 0.143. The van der Waals surface area contributed by atoms with Gasteiger partial charge in [-0.05, 0) is 23.8 Å². The molecule has 0 aromatic heterocycles. The van der Waals surface area contributed by atoms with E-state index in [4.69, 9.17) is 16.3 Å². The van der Waals surface area contributed by atoms with Crippen LogP contribution in [0.5, 0.6) is 0 Å². The number of hydrogen-bond acceptors (Lipinski definition) is 4. The van der Waals surface area contributed by atoms with Gasteiger partial charge in [0.15, 0.2) is 0 Å². The number of aliphatic imine (C=N–C) groups is 1. The molecule has 0 saturated carbocycles. The molecule has 0 aliphatic carbocycles. The van der Waals surface area contributed by atoms with E-state index in [1.54, 1.807) is 36.3 Å². The highest BCUT2D eigenvalue weighted by Crippen LogP contribution is 2.28. The van der Waals surface area contributed by atoms with Crippen molar-refractivity contribution in [3.63, 3.8) is 0 Å². The standard InChI is InChI=1S/C14H11ClN2O2S/c15-11-3-1-2-10(6-11)8-19-14(18)17-5-4-12-13(7-17)20-9-16-12/h1-7H,8-9H2. The highest BCUT2D eigenvalue weighted by Gasteiger charge is 2.20. The van der Waals surface area contributed by atoms with Crippen LogP contribution >= 0.6 is 23.4 Å². The molecule has 0 spiro atoms. The molecule has 102 valence electrons. The first kappa shape index (κ1) is 13.3. The van der Waals surface area contributed by atoms with E-state index in [2.05, 4.69) is 4.99 Å². The Morgan fingerprint density at radius 2 is 2.40 bits per heavy atom. The molecule has 0 fully saturated rings. The molecule has 4 nitrogen and oxygen atoms in total. The summed E-state index contributed by atoms with van der Waals surface area (Å²) in [5.41, 5.74) is 1.78. The van der Waals surface area contributed by atoms with E-state index in [0.717, 1.165) is 16.2 Å². The van der Waals surface area contributed by atoms with Gasteiger partial charge in [-0.3, -0.25) is 9.89 Å². The number of nitrogens with zero attached hydrogens (tertiary/aromatic N) is 2. The zero-order valence-corrected chi connectivity index (χ0v) is 12.0. The predicted octanol–water partition coefficient (Wildman–Crippen LogP) is 3.79. The van der Waals surface area contributed by atoms with E-state index < -0.39 is 6.09 Å². The van der Waals surface area contributed by atoms with Crippen LogP contribution in [0.1, 0.15) is 5.56 Å². The van der Waals surface area contributed by atoms with E-state index in [-0.39, 0.29) is 6.61 Å². The van der Waals surface area contributed by atoms with Gasteiger partial charge in [-0.1, -0.05) is 35.5 Å². The van der Waals surface area contributed by atoms with Crippen molar-refractivity contribution in [1.29, 1.82) is 0 Å². The lowest BCUT2D eigenvalue weighted by atomic mass is 10.2. The summed E-state index contributed by atoms with van der Waals surface area (Å²) in [5, 5.41) is 0.627. The third-order valence-corrected chi connectivity index (χ3v) is 3.94. The lowest BCUT2D eigenvalue weighted by molar-refractivity contribution is 0.121. The maximum absolute atomic E-state index is 12.0. The number of carbonyl (C=O) groups excluding carboxylic acids is 1. The van der Waals surface area contributed by atoms with Crippen molar-refractivity contribution in [3.8, 4) is 0 Å². The lowest BCUT2D eigenvalue weighted by Gasteiger charge is -2.17. The summed E-state index contributed by atoms with van der Waals surface area (Å²) >= 11 is 7.49. The number of carbonyl (C=O) groups is 1. The molecule has 0 bridgehead atoms. The Hall–Kier alpha value is -1.72. The second kappa shape index (κ2) is 5.73. The van der Waals surface area contributed by atoms with Crippen molar-refractivity contribution in [2.75, 3.05) is 5.88 Å². The topological polar surface area (TPSA) is 41.9 Å². The quantitative estimate of drug-likeness (QED) is 0.834. The lowest BCUT2D eigenvalue weighted by Crippen LogP contribution is -2.24. The van der Waals surface area contributed by atoms with Crippen LogP contribution in [0.3, 0.4) is 0 Å². The van der Waals surface area contributed by atoms with Gasteiger partial charge in [0, 0.05) is 17.4 Å². The Labute approximate surface area is 125 Å². The molecule has 1 aromatic carbocycles. The molecule has 2 heterocycles. The summed E-state index contributed by atoms with van der Waals surface area (Å²) in [7, 11) is 0. The molecular formula is C14H11ClN2O2S. The molecule has 3 rings (SSSR count). The van der Waals surface area contributed by atoms with E-state index in [9.17, 15) is 4.79 Å². The van der Waals surface area contributed by atoms with Crippen LogP contribution in [-0.4, -0.2) is 22.6 Å². The van der Waals surface area contributed by atoms with Gasteiger partial charge in [0.1, 0.15) is 6.61 Å². The number of thioether (sulfide) groups is 1. The minimum Gasteiger partial charge on any atom is -0.444 e. The highest BCUT2D eigenvalue weighted by atomic mass is 35.5. The minimum atomic E-state index is -0.416. The second-order valence-electron chi connectivity index (χ2n) is 4.22. The van der Waals surface area contributed by atoms with Crippen LogP contribution in [-0.2, 0) is 11.3 Å². The first-order valence-electron chi connectivity index (χ1n) is 5.99. The van der Waals surface area contributed by atoms with Crippen LogP contribution in [0.25, 0.3) is 0 Å². The summed E-state index contributed by atoms with van der Waals surface area (Å²) in [6.45, 7) is 0.195. The molecule has 1 amide bonds. The monoisotopic (exact) mass is 306 g/mol. The van der Waals surface area contributed by atoms with Crippen LogP contribution in [0.2, 0.25) is 5.02 Å². The molecule has 1 aromatic rings. The van der Waals surface area contributed by atoms with Crippen LogP contribution in [0, 0.1) is 0 Å². The normalized spacial score (nSPS) is 16.6. The Kier molecular flexibility index (Phi) is 3.80. The minimum absolute atomic E-state index is 0.195. The molecule has 2 aliphatic rings. The van der Waals surface area contributed by atoms with Gasteiger partial charge < -0.3 is 4.74 Å². The smallest absolute Gasteiger partial charge is 0.418 e. The van der Waals surface area contributed by atoms with Gasteiger partial charge in [-0.2, -0.15) is 0 Å². The first-order valence-corrected chi connectivity index (χ1v) is 7.36. The van der Waals surface area contributed by atoms with Crippen molar-refractivity contribution in [2.24, 2.45) is 4.99 Å². The second-order valence-corrected chi connectivity index (χ2v) is 5.64. The highest BCUT2D eigenvalue weighted by molar-refractivity contribution is 8.04. The summed E-state index contributed by atoms with van der Waals surface area (Å²) in [5.74, 6) is 0.705. The summed E-state index contributed by atoms with van der Waals surface area (Å²) in [6.07, 6.45) is 4.81. The zero-order chi connectivity index (χ0) is 13.9. The molecule has 20 heavy (non-hydrogen) atoms. The van der Waals surface area contributed by atoms with E-state index in [1.165, 1.54) is 4.90 Å². The molecule has 0 radical (unpaired) electrons. The summed E-state index contributed by atoms with van der Waals surface area (Å²) < 4.78 is 5.25. The summed E-state index contributed by atoms with van der Waals surface area (Å²) in [6, 6.07) is 7.24. The number of amides is 1. The molecule has 0 unspecified atom stereocenters. The van der Waals surface area contributed by atoms with Gasteiger partial charge in [0.25, 0.3) is 0 Å². The largest absolute Gasteiger partial charge is 0.444 e. The van der Waals surface area contributed by atoms with E-state index in [0.29, 0.717) is 10.9 Å². The molecule has 6 heteroatoms. The van der Waals surface area contributed by atoms with Crippen molar-refractivity contribution in [1.82, 2.24) is 4.90 Å². The summed E-state index contributed by atoms with van der Waals surface area (Å²) in [4.78, 5) is 18.7. The fourth-order valence-electron chi connectivity index (χ4n) is 1.84. The Bertz CT molecular complexity index is 640. The number of fused-ring (bicyclic) bond motifs is 1. The average molecular weight is 307 g/mol. The van der Waals surface area contributed by atoms with Gasteiger partial charge >= 0.3 is 6.09 Å². The Balaban J connectivity index is 1.62. The number of allylic oxidation sites excluding steroid dienone is 2. The number of halogens is 1. The van der Waals surface area contributed by atoms with Gasteiger partial charge in [0.2, 0.25) is 0 Å². The first-order chi connectivity index (χ1) is 9.72. The third kappa shape index (κ3) is 2.89. The molecule has 0 saturated heterocycles. The van der Waals surface area contributed by atoms with Crippen molar-refractivity contribution >= 4 is 35.2 Å². The van der Waals surface area contributed by atoms with Gasteiger partial charge in [-0.25, -0.2) is 4.79 Å². The van der Waals surface area contributed by atoms with Crippen LogP contribution in [0.4, 0.5) is 4.79 Å². The van der Waals surface area contributed by atoms with Gasteiger partial charge in [-0.15, -0.1) is 0 Å². The molecule has 0 atom stereocenters. The maximum Gasteiger partial charge on any atom is 0.418 e. The Morgan fingerprint density at radius 1 is 1.50 bits per heavy atom. The van der Waals surface area contributed by atoms with Crippen molar-refractivity contribution in [3.05, 3.63) is 58.2 Å². The maximum atomic E-state index is 12.0. The average Bonchev–Trinajstić information content (AvgIpc) is 2.92. The van der Waals surface area contributed by atoms with Crippen LogP contribution in [0.15, 0.2) is 52.6 Å².